The number of aromatic nitrogens is 2. The molecule has 5 heteroatoms. The molecule has 1 heterocycles. The molecule has 1 aromatic rings. The second-order valence-corrected chi connectivity index (χ2v) is 3.21. The van der Waals surface area contributed by atoms with Crippen LogP contribution in [0, 0.1) is 6.92 Å². The number of ether oxygens (including phenoxy) is 1. The van der Waals surface area contributed by atoms with E-state index in [1.807, 2.05) is 13.8 Å². The Morgan fingerprint density at radius 1 is 1.53 bits per heavy atom. The molecule has 0 aliphatic carbocycles. The van der Waals surface area contributed by atoms with Crippen LogP contribution in [0.5, 0.6) is 0 Å². The SMILES string of the molecule is COC(=O)CNC(C)c1nccnc1C. The van der Waals surface area contributed by atoms with E-state index in [-0.39, 0.29) is 18.6 Å². The molecule has 0 radical (unpaired) electrons. The van der Waals surface area contributed by atoms with Gasteiger partial charge in [0.05, 0.1) is 25.0 Å². The molecule has 0 bridgehead atoms. The molecule has 1 atom stereocenters. The second kappa shape index (κ2) is 5.41. The Hall–Kier alpha value is -1.49. The van der Waals surface area contributed by atoms with Gasteiger partial charge >= 0.3 is 5.97 Å². The van der Waals surface area contributed by atoms with Crippen LogP contribution in [0.1, 0.15) is 24.4 Å². The zero-order valence-electron chi connectivity index (χ0n) is 9.15. The van der Waals surface area contributed by atoms with Gasteiger partial charge in [-0.2, -0.15) is 0 Å². The molecule has 0 spiro atoms. The topological polar surface area (TPSA) is 64.1 Å². The van der Waals surface area contributed by atoms with Crippen LogP contribution in [-0.4, -0.2) is 29.6 Å². The van der Waals surface area contributed by atoms with Crippen molar-refractivity contribution in [2.45, 2.75) is 19.9 Å². The summed E-state index contributed by atoms with van der Waals surface area (Å²) in [6.45, 7) is 3.99. The summed E-state index contributed by atoms with van der Waals surface area (Å²) in [5, 5.41) is 3.01. The average Bonchev–Trinajstić information content (AvgIpc) is 2.26. The number of carbonyl (C=O) groups excluding carboxylic acids is 1. The third kappa shape index (κ3) is 3.28. The van der Waals surface area contributed by atoms with Gasteiger partial charge in [0.1, 0.15) is 0 Å². The molecule has 1 rings (SSSR count). The first kappa shape index (κ1) is 11.6. The van der Waals surface area contributed by atoms with Crippen LogP contribution in [0.25, 0.3) is 0 Å². The lowest BCUT2D eigenvalue weighted by Crippen LogP contribution is -2.27. The number of nitrogens with one attached hydrogen (secondary N) is 1. The van der Waals surface area contributed by atoms with Gasteiger partial charge in [-0.15, -0.1) is 0 Å². The third-order valence-corrected chi connectivity index (χ3v) is 2.11. The van der Waals surface area contributed by atoms with Crippen molar-refractivity contribution in [3.63, 3.8) is 0 Å². The van der Waals surface area contributed by atoms with Crippen molar-refractivity contribution < 1.29 is 9.53 Å². The Morgan fingerprint density at radius 3 is 2.80 bits per heavy atom. The molecule has 15 heavy (non-hydrogen) atoms. The van der Waals surface area contributed by atoms with Crippen LogP contribution in [0.2, 0.25) is 0 Å². The summed E-state index contributed by atoms with van der Waals surface area (Å²) < 4.78 is 4.53. The minimum absolute atomic E-state index is 0.0159. The fourth-order valence-corrected chi connectivity index (χ4v) is 1.25. The zero-order valence-corrected chi connectivity index (χ0v) is 9.15. The van der Waals surface area contributed by atoms with Crippen LogP contribution in [0.3, 0.4) is 0 Å². The molecular weight excluding hydrogens is 194 g/mol. The van der Waals surface area contributed by atoms with Gasteiger partial charge in [0.25, 0.3) is 0 Å². The Morgan fingerprint density at radius 2 is 2.20 bits per heavy atom. The molecule has 1 N–H and O–H groups in total. The van der Waals surface area contributed by atoms with Crippen LogP contribution < -0.4 is 5.32 Å². The van der Waals surface area contributed by atoms with Gasteiger partial charge in [-0.1, -0.05) is 0 Å². The van der Waals surface area contributed by atoms with E-state index in [0.717, 1.165) is 11.4 Å². The quantitative estimate of drug-likeness (QED) is 0.736. The highest BCUT2D eigenvalue weighted by Gasteiger charge is 2.11. The van der Waals surface area contributed by atoms with Crippen molar-refractivity contribution in [2.24, 2.45) is 0 Å². The molecule has 1 aromatic heterocycles. The maximum Gasteiger partial charge on any atom is 0.319 e. The molecule has 1 unspecified atom stereocenters. The highest BCUT2D eigenvalue weighted by Crippen LogP contribution is 2.10. The van der Waals surface area contributed by atoms with Crippen LogP contribution in [0.4, 0.5) is 0 Å². The predicted molar refractivity (Wildman–Crippen MR) is 55.2 cm³/mol. The number of nitrogens with zero attached hydrogens (tertiary/aromatic N) is 2. The van der Waals surface area contributed by atoms with E-state index in [1.54, 1.807) is 12.4 Å². The molecule has 0 fully saturated rings. The lowest BCUT2D eigenvalue weighted by Gasteiger charge is -2.13. The van der Waals surface area contributed by atoms with Gasteiger partial charge in [0, 0.05) is 18.4 Å². The van der Waals surface area contributed by atoms with Gasteiger partial charge in [0.15, 0.2) is 0 Å². The minimum Gasteiger partial charge on any atom is -0.468 e. The number of hydrogen-bond donors (Lipinski definition) is 1. The standard InChI is InChI=1S/C10H15N3O2/c1-7-10(12-5-4-11-7)8(2)13-6-9(14)15-3/h4-5,8,13H,6H2,1-3H3. The summed E-state index contributed by atoms with van der Waals surface area (Å²) in [7, 11) is 1.36. The molecule has 0 amide bonds. The number of methoxy groups -OCH3 is 1. The number of hydrogen-bond acceptors (Lipinski definition) is 5. The first-order valence-electron chi connectivity index (χ1n) is 4.73. The normalized spacial score (nSPS) is 12.2. The van der Waals surface area contributed by atoms with Crippen molar-refractivity contribution in [1.29, 1.82) is 0 Å². The van der Waals surface area contributed by atoms with Gasteiger partial charge in [-0.25, -0.2) is 0 Å². The molecule has 0 aromatic carbocycles. The van der Waals surface area contributed by atoms with Crippen molar-refractivity contribution in [3.8, 4) is 0 Å². The van der Waals surface area contributed by atoms with Crippen molar-refractivity contribution in [3.05, 3.63) is 23.8 Å². The molecule has 82 valence electrons. The lowest BCUT2D eigenvalue weighted by atomic mass is 10.2. The maximum atomic E-state index is 10.9. The summed E-state index contributed by atoms with van der Waals surface area (Å²) in [6.07, 6.45) is 3.28. The van der Waals surface area contributed by atoms with E-state index in [0.29, 0.717) is 0 Å². The molecular formula is C10H15N3O2. The number of aryl methyl sites for hydroxylation is 1. The van der Waals surface area contributed by atoms with E-state index in [1.165, 1.54) is 7.11 Å². The number of esters is 1. The summed E-state index contributed by atoms with van der Waals surface area (Å²) in [5.74, 6) is -0.289. The average molecular weight is 209 g/mol. The lowest BCUT2D eigenvalue weighted by molar-refractivity contribution is -0.139. The van der Waals surface area contributed by atoms with E-state index < -0.39 is 0 Å². The first-order valence-corrected chi connectivity index (χ1v) is 4.73. The van der Waals surface area contributed by atoms with Gasteiger partial charge in [-0.05, 0) is 13.8 Å². The van der Waals surface area contributed by atoms with E-state index in [2.05, 4.69) is 20.0 Å². The fourth-order valence-electron chi connectivity index (χ4n) is 1.25. The molecule has 0 saturated heterocycles. The molecule has 0 aliphatic heterocycles. The maximum absolute atomic E-state index is 10.9. The van der Waals surface area contributed by atoms with E-state index >= 15 is 0 Å². The Balaban J connectivity index is 2.57. The summed E-state index contributed by atoms with van der Waals surface area (Å²) in [4.78, 5) is 19.2. The number of carbonyl (C=O) groups is 1. The van der Waals surface area contributed by atoms with Crippen LogP contribution in [-0.2, 0) is 9.53 Å². The highest BCUT2D eigenvalue weighted by atomic mass is 16.5. The van der Waals surface area contributed by atoms with Crippen molar-refractivity contribution >= 4 is 5.97 Å². The largest absolute Gasteiger partial charge is 0.468 e. The molecule has 0 saturated carbocycles. The smallest absolute Gasteiger partial charge is 0.319 e. The van der Waals surface area contributed by atoms with Crippen molar-refractivity contribution in [2.75, 3.05) is 13.7 Å². The van der Waals surface area contributed by atoms with Crippen molar-refractivity contribution in [1.82, 2.24) is 15.3 Å². The highest BCUT2D eigenvalue weighted by molar-refractivity contribution is 5.71. The zero-order chi connectivity index (χ0) is 11.3. The predicted octanol–water partition coefficient (Wildman–Crippen LogP) is 0.609. The Labute approximate surface area is 88.9 Å². The first-order chi connectivity index (χ1) is 7.15. The third-order valence-electron chi connectivity index (χ3n) is 2.11. The van der Waals surface area contributed by atoms with E-state index in [9.17, 15) is 4.79 Å². The van der Waals surface area contributed by atoms with Gasteiger partial charge in [0.2, 0.25) is 0 Å². The minimum atomic E-state index is -0.289. The van der Waals surface area contributed by atoms with Gasteiger partial charge < -0.3 is 4.74 Å². The fraction of sp³-hybridized carbons (Fsp3) is 0.500. The molecule has 5 nitrogen and oxygen atoms in total. The second-order valence-electron chi connectivity index (χ2n) is 3.21. The monoisotopic (exact) mass is 209 g/mol. The summed E-state index contributed by atoms with van der Waals surface area (Å²) in [6, 6.07) is -0.0159. The van der Waals surface area contributed by atoms with Crippen LogP contribution >= 0.6 is 0 Å². The summed E-state index contributed by atoms with van der Waals surface area (Å²) >= 11 is 0. The Kier molecular flexibility index (Phi) is 4.17. The van der Waals surface area contributed by atoms with Gasteiger partial charge in [-0.3, -0.25) is 20.1 Å². The Bertz CT molecular complexity index is 341. The summed E-state index contributed by atoms with van der Waals surface area (Å²) in [5.41, 5.74) is 1.71. The van der Waals surface area contributed by atoms with E-state index in [4.69, 9.17) is 0 Å². The molecule has 0 aliphatic rings. The number of rotatable bonds is 4. The van der Waals surface area contributed by atoms with Crippen LogP contribution in [0.15, 0.2) is 12.4 Å².